The van der Waals surface area contributed by atoms with Gasteiger partial charge in [0.2, 0.25) is 0 Å². The molecule has 0 aliphatic heterocycles. The Bertz CT molecular complexity index is 414. The molecule has 1 amide bonds. The number of hydrogen-bond donors (Lipinski definition) is 0. The zero-order chi connectivity index (χ0) is 11.4. The van der Waals surface area contributed by atoms with E-state index in [0.717, 1.165) is 4.90 Å². The summed E-state index contributed by atoms with van der Waals surface area (Å²) >= 11 is 5.72. The van der Waals surface area contributed by atoms with Crippen LogP contribution in [-0.4, -0.2) is 12.1 Å². The van der Waals surface area contributed by atoms with Gasteiger partial charge in [0.1, 0.15) is 12.1 Å². The van der Waals surface area contributed by atoms with Crippen molar-refractivity contribution >= 4 is 23.4 Å². The standard InChI is InChI=1S/C10H9ClN2O2/c1-7(6-12)13(10(14)15)9-4-2-3-8(11)5-9/h2-5,7H,1H3,(H,14,15)/p-1. The predicted molar refractivity (Wildman–Crippen MR) is 54.4 cm³/mol. The number of rotatable bonds is 2. The van der Waals surface area contributed by atoms with Crippen LogP contribution in [0.5, 0.6) is 0 Å². The molecule has 0 saturated carbocycles. The van der Waals surface area contributed by atoms with Gasteiger partial charge in [-0.25, -0.2) is 0 Å². The number of benzene rings is 1. The highest BCUT2D eigenvalue weighted by Crippen LogP contribution is 2.20. The van der Waals surface area contributed by atoms with Gasteiger partial charge in [0.25, 0.3) is 0 Å². The number of carbonyl (C=O) groups excluding carboxylic acids is 1. The first-order chi connectivity index (χ1) is 7.06. The summed E-state index contributed by atoms with van der Waals surface area (Å²) < 4.78 is 0. The summed E-state index contributed by atoms with van der Waals surface area (Å²) in [6.07, 6.45) is -1.42. The Morgan fingerprint density at radius 1 is 1.67 bits per heavy atom. The number of anilines is 1. The third-order valence-corrected chi connectivity index (χ3v) is 2.09. The normalized spacial score (nSPS) is 11.5. The van der Waals surface area contributed by atoms with Crippen LogP contribution in [0.2, 0.25) is 5.02 Å². The second-order valence-electron chi connectivity index (χ2n) is 2.92. The van der Waals surface area contributed by atoms with Gasteiger partial charge in [-0.3, -0.25) is 0 Å². The summed E-state index contributed by atoms with van der Waals surface area (Å²) in [6, 6.07) is 7.26. The molecule has 0 N–H and O–H groups in total. The van der Waals surface area contributed by atoms with Crippen molar-refractivity contribution in [3.05, 3.63) is 29.3 Å². The number of carboxylic acid groups (broad SMARTS) is 1. The highest BCUT2D eigenvalue weighted by atomic mass is 35.5. The van der Waals surface area contributed by atoms with Crippen LogP contribution in [0.3, 0.4) is 0 Å². The highest BCUT2D eigenvalue weighted by molar-refractivity contribution is 6.30. The van der Waals surface area contributed by atoms with Crippen LogP contribution >= 0.6 is 11.6 Å². The summed E-state index contributed by atoms with van der Waals surface area (Å²) in [6.45, 7) is 1.47. The molecule has 0 aliphatic rings. The molecule has 5 heteroatoms. The minimum atomic E-state index is -1.42. The Labute approximate surface area is 92.3 Å². The molecular formula is C10H8ClN2O2-. The summed E-state index contributed by atoms with van der Waals surface area (Å²) in [5, 5.41) is 19.9. The number of nitrogens with zero attached hydrogens (tertiary/aromatic N) is 2. The van der Waals surface area contributed by atoms with Gasteiger partial charge in [-0.2, -0.15) is 5.26 Å². The number of nitriles is 1. The van der Waals surface area contributed by atoms with Gasteiger partial charge < -0.3 is 14.8 Å². The van der Waals surface area contributed by atoms with Gasteiger partial charge in [-0.1, -0.05) is 17.7 Å². The maximum absolute atomic E-state index is 10.8. The molecule has 0 radical (unpaired) electrons. The molecule has 0 heterocycles. The molecule has 15 heavy (non-hydrogen) atoms. The largest absolute Gasteiger partial charge is 0.530 e. The van der Waals surface area contributed by atoms with Crippen molar-refractivity contribution in [2.24, 2.45) is 0 Å². The average molecular weight is 224 g/mol. The van der Waals surface area contributed by atoms with Crippen molar-refractivity contribution in [3.63, 3.8) is 0 Å². The summed E-state index contributed by atoms with van der Waals surface area (Å²) in [4.78, 5) is 11.7. The zero-order valence-electron chi connectivity index (χ0n) is 7.98. The lowest BCUT2D eigenvalue weighted by Gasteiger charge is -2.27. The van der Waals surface area contributed by atoms with Crippen molar-refractivity contribution in [3.8, 4) is 6.07 Å². The van der Waals surface area contributed by atoms with E-state index in [1.54, 1.807) is 18.2 Å². The Morgan fingerprint density at radius 2 is 2.33 bits per heavy atom. The fraction of sp³-hybridized carbons (Fsp3) is 0.200. The van der Waals surface area contributed by atoms with Crippen LogP contribution in [0.1, 0.15) is 6.92 Å². The van der Waals surface area contributed by atoms with Gasteiger partial charge in [0.15, 0.2) is 0 Å². The molecule has 1 atom stereocenters. The summed E-state index contributed by atoms with van der Waals surface area (Å²) in [5.41, 5.74) is 0.330. The Balaban J connectivity index is 3.11. The van der Waals surface area contributed by atoms with E-state index in [1.165, 1.54) is 13.0 Å². The Kier molecular flexibility index (Phi) is 3.53. The number of hydrogen-bond acceptors (Lipinski definition) is 3. The monoisotopic (exact) mass is 223 g/mol. The smallest absolute Gasteiger partial charge is 0.142 e. The van der Waals surface area contributed by atoms with E-state index in [4.69, 9.17) is 16.9 Å². The fourth-order valence-electron chi connectivity index (χ4n) is 1.17. The van der Waals surface area contributed by atoms with E-state index in [1.807, 2.05) is 6.07 Å². The van der Waals surface area contributed by atoms with Gasteiger partial charge >= 0.3 is 0 Å². The highest BCUT2D eigenvalue weighted by Gasteiger charge is 2.14. The van der Waals surface area contributed by atoms with Crippen molar-refractivity contribution in [2.75, 3.05) is 4.90 Å². The lowest BCUT2D eigenvalue weighted by Crippen LogP contribution is -2.46. The topological polar surface area (TPSA) is 67.2 Å². The van der Waals surface area contributed by atoms with E-state index in [9.17, 15) is 9.90 Å². The molecule has 1 unspecified atom stereocenters. The second-order valence-corrected chi connectivity index (χ2v) is 3.36. The number of amides is 1. The number of halogens is 1. The quantitative estimate of drug-likeness (QED) is 0.761. The van der Waals surface area contributed by atoms with E-state index in [2.05, 4.69) is 0 Å². The average Bonchev–Trinajstić information content (AvgIpc) is 2.17. The van der Waals surface area contributed by atoms with E-state index >= 15 is 0 Å². The zero-order valence-corrected chi connectivity index (χ0v) is 8.73. The van der Waals surface area contributed by atoms with Crippen LogP contribution in [0.15, 0.2) is 24.3 Å². The van der Waals surface area contributed by atoms with Crippen LogP contribution < -0.4 is 10.0 Å². The third kappa shape index (κ3) is 2.61. The van der Waals surface area contributed by atoms with Crippen LogP contribution in [0.25, 0.3) is 0 Å². The Hall–Kier alpha value is -1.73. The molecule has 1 rings (SSSR count). The minimum Gasteiger partial charge on any atom is -0.530 e. The first-order valence-corrected chi connectivity index (χ1v) is 4.59. The van der Waals surface area contributed by atoms with Gasteiger partial charge in [0.05, 0.1) is 6.07 Å². The van der Waals surface area contributed by atoms with Crippen molar-refractivity contribution < 1.29 is 9.90 Å². The van der Waals surface area contributed by atoms with Crippen LogP contribution in [-0.2, 0) is 0 Å². The molecule has 78 valence electrons. The van der Waals surface area contributed by atoms with Crippen molar-refractivity contribution in [2.45, 2.75) is 13.0 Å². The van der Waals surface area contributed by atoms with Crippen LogP contribution in [0, 0.1) is 11.3 Å². The molecule has 0 spiro atoms. The summed E-state index contributed by atoms with van der Waals surface area (Å²) in [7, 11) is 0. The van der Waals surface area contributed by atoms with Crippen molar-refractivity contribution in [1.82, 2.24) is 0 Å². The molecule has 0 aromatic heterocycles. The molecule has 0 fully saturated rings. The SMILES string of the molecule is CC(C#N)N(C(=O)[O-])c1cccc(Cl)c1. The van der Waals surface area contributed by atoms with Gasteiger partial charge in [0, 0.05) is 10.7 Å². The fourth-order valence-corrected chi connectivity index (χ4v) is 1.36. The first kappa shape index (κ1) is 11.3. The molecular weight excluding hydrogens is 216 g/mol. The molecule has 1 aromatic carbocycles. The van der Waals surface area contributed by atoms with Gasteiger partial charge in [-0.15, -0.1) is 0 Å². The Morgan fingerprint density at radius 3 is 2.80 bits per heavy atom. The maximum Gasteiger partial charge on any atom is 0.142 e. The molecule has 0 aliphatic carbocycles. The second kappa shape index (κ2) is 4.67. The van der Waals surface area contributed by atoms with Crippen LogP contribution in [0.4, 0.5) is 10.5 Å². The minimum absolute atomic E-state index is 0.330. The lowest BCUT2D eigenvalue weighted by atomic mass is 10.2. The number of carbonyl (C=O) groups is 1. The maximum atomic E-state index is 10.8. The van der Waals surface area contributed by atoms with E-state index < -0.39 is 12.1 Å². The molecule has 1 aromatic rings. The first-order valence-electron chi connectivity index (χ1n) is 4.21. The van der Waals surface area contributed by atoms with E-state index in [0.29, 0.717) is 10.7 Å². The lowest BCUT2D eigenvalue weighted by molar-refractivity contribution is -0.246. The molecule has 4 nitrogen and oxygen atoms in total. The summed E-state index contributed by atoms with van der Waals surface area (Å²) in [5.74, 6) is 0. The molecule has 0 saturated heterocycles. The van der Waals surface area contributed by atoms with E-state index in [-0.39, 0.29) is 0 Å². The third-order valence-electron chi connectivity index (χ3n) is 1.86. The predicted octanol–water partition coefficient (Wildman–Crippen LogP) is 1.40. The van der Waals surface area contributed by atoms with Gasteiger partial charge in [-0.05, 0) is 25.1 Å². The molecule has 0 bridgehead atoms. The van der Waals surface area contributed by atoms with Crippen molar-refractivity contribution in [1.29, 1.82) is 5.26 Å².